The minimum absolute atomic E-state index is 0.0235. The first kappa shape index (κ1) is 17.4. The molecule has 3 amide bonds. The van der Waals surface area contributed by atoms with Crippen LogP contribution < -0.4 is 16.0 Å². The molecule has 0 aromatic carbocycles. The zero-order valence-corrected chi connectivity index (χ0v) is 14.6. The summed E-state index contributed by atoms with van der Waals surface area (Å²) in [6.07, 6.45) is 1.66. The van der Waals surface area contributed by atoms with Crippen molar-refractivity contribution in [3.05, 3.63) is 0 Å². The molecule has 22 heavy (non-hydrogen) atoms. The fraction of sp³-hybridized carbons (Fsp3) is 0.867. The van der Waals surface area contributed by atoms with Gasteiger partial charge in [-0.1, -0.05) is 20.8 Å². The predicted molar refractivity (Wildman–Crippen MR) is 89.8 cm³/mol. The van der Waals surface area contributed by atoms with E-state index in [9.17, 15) is 9.59 Å². The SMILES string of the molecule is CC(C)(C)CNC(=O)NC1CCN(C(=O)C2CSCN2)CC1. The molecule has 0 saturated carbocycles. The van der Waals surface area contributed by atoms with E-state index in [-0.39, 0.29) is 29.4 Å². The van der Waals surface area contributed by atoms with Gasteiger partial charge >= 0.3 is 6.03 Å². The van der Waals surface area contributed by atoms with Crippen LogP contribution in [-0.4, -0.2) is 60.2 Å². The summed E-state index contributed by atoms with van der Waals surface area (Å²) in [6, 6.07) is 0.0353. The second-order valence-corrected chi connectivity index (χ2v) is 8.29. The molecule has 0 radical (unpaired) electrons. The molecule has 2 aliphatic rings. The monoisotopic (exact) mass is 328 g/mol. The lowest BCUT2D eigenvalue weighted by Gasteiger charge is -2.34. The van der Waals surface area contributed by atoms with Gasteiger partial charge in [-0.2, -0.15) is 0 Å². The highest BCUT2D eigenvalue weighted by atomic mass is 32.2. The molecule has 0 bridgehead atoms. The molecule has 0 aromatic rings. The summed E-state index contributed by atoms with van der Waals surface area (Å²) in [5.41, 5.74) is 0.0828. The van der Waals surface area contributed by atoms with Crippen LogP contribution in [0, 0.1) is 5.41 Å². The zero-order chi connectivity index (χ0) is 16.2. The van der Waals surface area contributed by atoms with Crippen LogP contribution in [-0.2, 0) is 4.79 Å². The molecule has 7 heteroatoms. The van der Waals surface area contributed by atoms with Crippen LogP contribution in [0.15, 0.2) is 0 Å². The smallest absolute Gasteiger partial charge is 0.315 e. The summed E-state index contributed by atoms with van der Waals surface area (Å²) in [5, 5.41) is 9.14. The Bertz CT molecular complexity index is 397. The quantitative estimate of drug-likeness (QED) is 0.722. The van der Waals surface area contributed by atoms with Crippen LogP contribution in [0.5, 0.6) is 0 Å². The van der Waals surface area contributed by atoms with Crippen molar-refractivity contribution in [3.8, 4) is 0 Å². The normalized spacial score (nSPS) is 23.4. The minimum atomic E-state index is -0.103. The number of amides is 3. The van der Waals surface area contributed by atoms with Gasteiger partial charge < -0.3 is 15.5 Å². The number of rotatable bonds is 3. The first-order valence-corrected chi connectivity index (χ1v) is 9.15. The highest BCUT2D eigenvalue weighted by molar-refractivity contribution is 7.99. The number of urea groups is 1. The summed E-state index contributed by atoms with van der Waals surface area (Å²) in [5.74, 6) is 1.94. The van der Waals surface area contributed by atoms with E-state index >= 15 is 0 Å². The van der Waals surface area contributed by atoms with Crippen molar-refractivity contribution in [1.29, 1.82) is 0 Å². The Hall–Kier alpha value is -0.950. The molecule has 2 fully saturated rings. The van der Waals surface area contributed by atoms with Gasteiger partial charge in [-0.15, -0.1) is 11.8 Å². The van der Waals surface area contributed by atoms with E-state index in [2.05, 4.69) is 36.7 Å². The van der Waals surface area contributed by atoms with Crippen LogP contribution >= 0.6 is 11.8 Å². The summed E-state index contributed by atoms with van der Waals surface area (Å²) >= 11 is 1.77. The molecular weight excluding hydrogens is 300 g/mol. The molecule has 2 saturated heterocycles. The number of carbonyl (C=O) groups excluding carboxylic acids is 2. The second kappa shape index (κ2) is 7.55. The van der Waals surface area contributed by atoms with E-state index in [1.54, 1.807) is 11.8 Å². The maximum atomic E-state index is 12.3. The van der Waals surface area contributed by atoms with Gasteiger partial charge in [0.2, 0.25) is 5.91 Å². The Labute approximate surface area is 137 Å². The summed E-state index contributed by atoms with van der Waals surface area (Å²) in [4.78, 5) is 26.1. The Kier molecular flexibility index (Phi) is 5.97. The van der Waals surface area contributed by atoms with Crippen molar-refractivity contribution in [2.75, 3.05) is 31.3 Å². The van der Waals surface area contributed by atoms with Gasteiger partial charge in [-0.3, -0.25) is 10.1 Å². The van der Waals surface area contributed by atoms with Crippen LogP contribution in [0.25, 0.3) is 0 Å². The van der Waals surface area contributed by atoms with E-state index in [1.165, 1.54) is 0 Å². The Balaban J connectivity index is 1.68. The molecule has 0 aliphatic carbocycles. The summed E-state index contributed by atoms with van der Waals surface area (Å²) in [6.45, 7) is 8.38. The summed E-state index contributed by atoms with van der Waals surface area (Å²) < 4.78 is 0. The number of hydrogen-bond donors (Lipinski definition) is 3. The minimum Gasteiger partial charge on any atom is -0.341 e. The van der Waals surface area contributed by atoms with E-state index in [1.807, 2.05) is 4.90 Å². The van der Waals surface area contributed by atoms with Crippen LogP contribution in [0.3, 0.4) is 0 Å². The average Bonchev–Trinajstić information content (AvgIpc) is 2.99. The molecule has 2 heterocycles. The number of piperidine rings is 1. The molecule has 0 spiro atoms. The van der Waals surface area contributed by atoms with Crippen LogP contribution in [0.1, 0.15) is 33.6 Å². The maximum Gasteiger partial charge on any atom is 0.315 e. The second-order valence-electron chi connectivity index (χ2n) is 7.26. The number of likely N-dealkylation sites (tertiary alicyclic amines) is 1. The van der Waals surface area contributed by atoms with Gasteiger partial charge in [0.05, 0.1) is 6.04 Å². The maximum absolute atomic E-state index is 12.3. The molecule has 1 atom stereocenters. The standard InChI is InChI=1S/C15H28N4O2S/c1-15(2,3)9-16-14(21)18-11-4-6-19(7-5-11)13(20)12-8-22-10-17-12/h11-12,17H,4-10H2,1-3H3,(H2,16,18,21). The van der Waals surface area contributed by atoms with E-state index in [4.69, 9.17) is 0 Å². The van der Waals surface area contributed by atoms with E-state index in [0.29, 0.717) is 6.54 Å². The van der Waals surface area contributed by atoms with Gasteiger partial charge in [0, 0.05) is 37.3 Å². The molecule has 126 valence electrons. The first-order valence-electron chi connectivity index (χ1n) is 7.99. The lowest BCUT2D eigenvalue weighted by molar-refractivity contribution is -0.133. The highest BCUT2D eigenvalue weighted by Crippen LogP contribution is 2.16. The Morgan fingerprint density at radius 3 is 2.50 bits per heavy atom. The molecule has 6 nitrogen and oxygen atoms in total. The van der Waals surface area contributed by atoms with Crippen LogP contribution in [0.2, 0.25) is 0 Å². The van der Waals surface area contributed by atoms with Crippen molar-refractivity contribution in [3.63, 3.8) is 0 Å². The number of nitrogens with zero attached hydrogens (tertiary/aromatic N) is 1. The third kappa shape index (κ3) is 5.35. The first-order chi connectivity index (χ1) is 10.3. The lowest BCUT2D eigenvalue weighted by atomic mass is 9.97. The predicted octanol–water partition coefficient (Wildman–Crippen LogP) is 0.985. The topological polar surface area (TPSA) is 73.5 Å². The number of nitrogens with one attached hydrogen (secondary N) is 3. The van der Waals surface area contributed by atoms with E-state index < -0.39 is 0 Å². The van der Waals surface area contributed by atoms with Gasteiger partial charge in [0.1, 0.15) is 0 Å². The average molecular weight is 328 g/mol. The molecule has 3 N–H and O–H groups in total. The fourth-order valence-corrected chi connectivity index (χ4v) is 3.53. The van der Waals surface area contributed by atoms with Gasteiger partial charge in [-0.05, 0) is 18.3 Å². The number of thioether (sulfide) groups is 1. The van der Waals surface area contributed by atoms with Gasteiger partial charge in [0.15, 0.2) is 0 Å². The van der Waals surface area contributed by atoms with E-state index in [0.717, 1.165) is 37.6 Å². The molecule has 1 unspecified atom stereocenters. The third-order valence-electron chi connectivity index (χ3n) is 3.94. The van der Waals surface area contributed by atoms with Crippen LogP contribution in [0.4, 0.5) is 4.79 Å². The summed E-state index contributed by atoms with van der Waals surface area (Å²) in [7, 11) is 0. The zero-order valence-electron chi connectivity index (χ0n) is 13.8. The van der Waals surface area contributed by atoms with Crippen molar-refractivity contribution >= 4 is 23.7 Å². The number of carbonyl (C=O) groups is 2. The molecule has 0 aromatic heterocycles. The largest absolute Gasteiger partial charge is 0.341 e. The number of hydrogen-bond acceptors (Lipinski definition) is 4. The Morgan fingerprint density at radius 1 is 1.27 bits per heavy atom. The van der Waals surface area contributed by atoms with Gasteiger partial charge in [0.25, 0.3) is 0 Å². The molecule has 2 rings (SSSR count). The van der Waals surface area contributed by atoms with Gasteiger partial charge in [-0.25, -0.2) is 4.79 Å². The lowest BCUT2D eigenvalue weighted by Crippen LogP contribution is -2.53. The Morgan fingerprint density at radius 2 is 1.95 bits per heavy atom. The fourth-order valence-electron chi connectivity index (χ4n) is 2.60. The van der Waals surface area contributed by atoms with Crippen molar-refractivity contribution in [2.45, 2.75) is 45.7 Å². The van der Waals surface area contributed by atoms with Crippen molar-refractivity contribution in [1.82, 2.24) is 20.9 Å². The molecular formula is C15H28N4O2S. The highest BCUT2D eigenvalue weighted by Gasteiger charge is 2.30. The molecule has 2 aliphatic heterocycles. The van der Waals surface area contributed by atoms with Crippen molar-refractivity contribution < 1.29 is 9.59 Å². The third-order valence-corrected chi connectivity index (χ3v) is 4.88. The van der Waals surface area contributed by atoms with Crippen molar-refractivity contribution in [2.24, 2.45) is 5.41 Å².